The van der Waals surface area contributed by atoms with Crippen LogP contribution in [0.3, 0.4) is 0 Å². The largest absolute Gasteiger partial charge is 0.355 e. The van der Waals surface area contributed by atoms with Crippen molar-refractivity contribution in [1.29, 1.82) is 0 Å². The van der Waals surface area contributed by atoms with Gasteiger partial charge in [0.1, 0.15) is 0 Å². The Labute approximate surface area is 194 Å². The van der Waals surface area contributed by atoms with Gasteiger partial charge in [-0.1, -0.05) is 30.7 Å². The third-order valence-corrected chi connectivity index (χ3v) is 6.05. The van der Waals surface area contributed by atoms with Crippen molar-refractivity contribution in [2.75, 3.05) is 60.4 Å². The second-order valence-electron chi connectivity index (χ2n) is 8.36. The number of likely N-dealkylation sites (tertiary alicyclic amines) is 1. The number of piperazine rings is 1. The van der Waals surface area contributed by atoms with Crippen molar-refractivity contribution in [3.05, 3.63) is 35.4 Å². The monoisotopic (exact) mass is 514 g/mol. The normalized spacial score (nSPS) is 22.2. The summed E-state index contributed by atoms with van der Waals surface area (Å²) >= 11 is 0. The molecule has 2 fully saturated rings. The first-order valence-electron chi connectivity index (χ1n) is 10.8. The smallest absolute Gasteiger partial charge is 0.191 e. The molecule has 1 aromatic rings. The van der Waals surface area contributed by atoms with Crippen molar-refractivity contribution >= 4 is 29.9 Å². The molecule has 6 nitrogen and oxygen atoms in total. The molecule has 0 amide bonds. The van der Waals surface area contributed by atoms with E-state index in [1.54, 1.807) is 0 Å². The zero-order valence-electron chi connectivity index (χ0n) is 18.4. The van der Waals surface area contributed by atoms with Gasteiger partial charge in [-0.25, -0.2) is 0 Å². The summed E-state index contributed by atoms with van der Waals surface area (Å²) < 4.78 is 0. The van der Waals surface area contributed by atoms with E-state index in [0.29, 0.717) is 6.04 Å². The predicted molar refractivity (Wildman–Crippen MR) is 133 cm³/mol. The van der Waals surface area contributed by atoms with E-state index < -0.39 is 0 Å². The Balaban J connectivity index is 0.00000300. The number of nitrogens with zero attached hydrogens (tertiary/aromatic N) is 4. The molecule has 2 aliphatic rings. The minimum absolute atomic E-state index is 0. The molecule has 0 radical (unpaired) electrons. The van der Waals surface area contributed by atoms with E-state index in [9.17, 15) is 0 Å². The summed E-state index contributed by atoms with van der Waals surface area (Å²) in [7, 11) is 6.25. The van der Waals surface area contributed by atoms with E-state index in [1.807, 2.05) is 7.05 Å². The van der Waals surface area contributed by atoms with Crippen LogP contribution in [0.15, 0.2) is 29.3 Å². The fraction of sp³-hybridized carbons (Fsp3) is 0.682. The van der Waals surface area contributed by atoms with Crippen LogP contribution in [0.25, 0.3) is 0 Å². The lowest BCUT2D eigenvalue weighted by molar-refractivity contribution is 0.116. The van der Waals surface area contributed by atoms with Gasteiger partial charge < -0.3 is 15.5 Å². The van der Waals surface area contributed by atoms with Crippen LogP contribution in [0.2, 0.25) is 0 Å². The minimum Gasteiger partial charge on any atom is -0.355 e. The van der Waals surface area contributed by atoms with Crippen LogP contribution < -0.4 is 10.6 Å². The lowest BCUT2D eigenvalue weighted by atomic mass is 10.1. The molecule has 0 aliphatic carbocycles. The molecule has 164 valence electrons. The zero-order valence-corrected chi connectivity index (χ0v) is 20.7. The summed E-state index contributed by atoms with van der Waals surface area (Å²) in [5.41, 5.74) is 2.71. The first kappa shape index (κ1) is 24.4. The van der Waals surface area contributed by atoms with Crippen LogP contribution in [0.4, 0.5) is 0 Å². The van der Waals surface area contributed by atoms with Crippen LogP contribution in [0.5, 0.6) is 0 Å². The van der Waals surface area contributed by atoms with Crippen molar-refractivity contribution in [1.82, 2.24) is 25.3 Å². The second kappa shape index (κ2) is 12.7. The van der Waals surface area contributed by atoms with Crippen LogP contribution in [0, 0.1) is 0 Å². The molecule has 1 atom stereocenters. The Morgan fingerprint density at radius 3 is 2.34 bits per heavy atom. The van der Waals surface area contributed by atoms with E-state index >= 15 is 0 Å². The summed E-state index contributed by atoms with van der Waals surface area (Å²) in [5.74, 6) is 0.874. The quantitative estimate of drug-likeness (QED) is 0.347. The van der Waals surface area contributed by atoms with E-state index in [2.05, 4.69) is 68.7 Å². The van der Waals surface area contributed by atoms with Gasteiger partial charge in [0.05, 0.1) is 0 Å². The summed E-state index contributed by atoms with van der Waals surface area (Å²) in [4.78, 5) is 11.8. The van der Waals surface area contributed by atoms with Gasteiger partial charge in [0.2, 0.25) is 0 Å². The van der Waals surface area contributed by atoms with E-state index in [0.717, 1.165) is 45.2 Å². The Morgan fingerprint density at radius 2 is 1.66 bits per heavy atom. The van der Waals surface area contributed by atoms with E-state index in [1.165, 1.54) is 43.5 Å². The molecule has 1 aromatic carbocycles. The number of piperidine rings is 1. The van der Waals surface area contributed by atoms with Crippen molar-refractivity contribution in [3.63, 3.8) is 0 Å². The van der Waals surface area contributed by atoms with Gasteiger partial charge in [-0.05, 0) is 51.2 Å². The molecule has 2 aliphatic heterocycles. The number of likely N-dealkylation sites (N-methyl/N-ethyl adjacent to an activating group) is 2. The number of benzene rings is 1. The van der Waals surface area contributed by atoms with Gasteiger partial charge >= 0.3 is 0 Å². The number of hydrogen-bond acceptors (Lipinski definition) is 4. The number of halogens is 1. The highest BCUT2D eigenvalue weighted by Crippen LogP contribution is 2.13. The van der Waals surface area contributed by atoms with Crippen molar-refractivity contribution in [2.24, 2.45) is 4.99 Å². The topological polar surface area (TPSA) is 46.1 Å². The van der Waals surface area contributed by atoms with Crippen LogP contribution >= 0.6 is 24.0 Å². The van der Waals surface area contributed by atoms with Gasteiger partial charge in [0.25, 0.3) is 0 Å². The van der Waals surface area contributed by atoms with Gasteiger partial charge in [-0.2, -0.15) is 0 Å². The molecule has 0 aromatic heterocycles. The third kappa shape index (κ3) is 8.03. The number of hydrogen-bond donors (Lipinski definition) is 2. The SMILES string of the molecule is CN=C(NCc1ccc(CN2CCCCC2)cc1)NCC1CN(C)CCN1C.I. The molecule has 7 heteroatoms. The standard InChI is InChI=1S/C22H38N6.HI/c1-23-22(25-16-21-18-26(2)13-14-27(21)3)24-15-19-7-9-20(10-8-19)17-28-11-5-4-6-12-28;/h7-10,21H,4-6,11-18H2,1-3H3,(H2,23,24,25);1H. The van der Waals surface area contributed by atoms with Crippen molar-refractivity contribution < 1.29 is 0 Å². The molecule has 2 heterocycles. The summed E-state index contributed by atoms with van der Waals surface area (Å²) in [6.45, 7) is 8.65. The van der Waals surface area contributed by atoms with E-state index in [4.69, 9.17) is 0 Å². The van der Waals surface area contributed by atoms with Gasteiger partial charge in [-0.15, -0.1) is 24.0 Å². The van der Waals surface area contributed by atoms with E-state index in [-0.39, 0.29) is 24.0 Å². The van der Waals surface area contributed by atoms with Crippen LogP contribution in [-0.4, -0.2) is 87.1 Å². The highest BCUT2D eigenvalue weighted by molar-refractivity contribution is 14.0. The zero-order chi connectivity index (χ0) is 19.8. The molecule has 2 N–H and O–H groups in total. The van der Waals surface area contributed by atoms with Gasteiger partial charge in [-0.3, -0.25) is 14.8 Å². The maximum absolute atomic E-state index is 4.38. The lowest BCUT2D eigenvalue weighted by Gasteiger charge is -2.37. The Morgan fingerprint density at radius 1 is 0.966 bits per heavy atom. The number of guanidine groups is 1. The van der Waals surface area contributed by atoms with Crippen molar-refractivity contribution in [3.8, 4) is 0 Å². The number of nitrogens with one attached hydrogen (secondary N) is 2. The molecule has 0 spiro atoms. The molecule has 2 saturated heterocycles. The number of rotatable bonds is 6. The maximum atomic E-state index is 4.38. The summed E-state index contributed by atoms with van der Waals surface area (Å²) in [6, 6.07) is 9.54. The fourth-order valence-corrected chi connectivity index (χ4v) is 4.08. The molecule has 0 bridgehead atoms. The highest BCUT2D eigenvalue weighted by atomic mass is 127. The molecular weight excluding hydrogens is 475 g/mol. The minimum atomic E-state index is 0. The third-order valence-electron chi connectivity index (χ3n) is 6.05. The summed E-state index contributed by atoms with van der Waals surface area (Å²) in [5, 5.41) is 6.94. The Bertz CT molecular complexity index is 614. The predicted octanol–water partition coefficient (Wildman–Crippen LogP) is 2.20. The first-order chi connectivity index (χ1) is 13.6. The Hall–Kier alpha value is -0.900. The lowest BCUT2D eigenvalue weighted by Crippen LogP contribution is -2.55. The van der Waals surface area contributed by atoms with Crippen molar-refractivity contribution in [2.45, 2.75) is 38.4 Å². The molecule has 1 unspecified atom stereocenters. The highest BCUT2D eigenvalue weighted by Gasteiger charge is 2.22. The number of aliphatic imine (C=N–C) groups is 1. The van der Waals surface area contributed by atoms with Gasteiger partial charge in [0, 0.05) is 52.4 Å². The molecular formula is C22H39IN6. The average Bonchev–Trinajstić information content (AvgIpc) is 2.72. The second-order valence-corrected chi connectivity index (χ2v) is 8.36. The molecule has 3 rings (SSSR count). The average molecular weight is 515 g/mol. The van der Waals surface area contributed by atoms with Gasteiger partial charge in [0.15, 0.2) is 5.96 Å². The summed E-state index contributed by atoms with van der Waals surface area (Å²) in [6.07, 6.45) is 4.09. The van der Waals surface area contributed by atoms with Crippen LogP contribution in [0.1, 0.15) is 30.4 Å². The fourth-order valence-electron chi connectivity index (χ4n) is 4.08. The Kier molecular flexibility index (Phi) is 10.7. The molecule has 29 heavy (non-hydrogen) atoms. The maximum Gasteiger partial charge on any atom is 0.191 e. The first-order valence-corrected chi connectivity index (χ1v) is 10.8. The molecule has 0 saturated carbocycles. The van der Waals surface area contributed by atoms with Crippen LogP contribution in [-0.2, 0) is 13.1 Å².